The molecule has 4 aliphatic heterocycles. The molecule has 2 aromatic carbocycles. The van der Waals surface area contributed by atoms with Gasteiger partial charge in [-0.3, -0.25) is 14.5 Å². The van der Waals surface area contributed by atoms with Crippen molar-refractivity contribution in [2.45, 2.75) is 62.8 Å². The number of carbonyl (C=O) groups excluding carboxylic acids is 2. The number of aliphatic hydroxyl groups is 1. The molecule has 5 aliphatic rings. The second-order valence-corrected chi connectivity index (χ2v) is 11.3. The summed E-state index contributed by atoms with van der Waals surface area (Å²) < 4.78 is 11.6. The molecule has 40 heavy (non-hydrogen) atoms. The molecule has 9 nitrogen and oxygen atoms in total. The topological polar surface area (TPSA) is 126 Å². The summed E-state index contributed by atoms with van der Waals surface area (Å²) in [6.07, 6.45) is 6.26. The van der Waals surface area contributed by atoms with Crippen LogP contribution >= 0.6 is 0 Å². The highest BCUT2D eigenvalue weighted by atomic mass is 16.5. The normalized spacial score (nSPS) is 30.2. The summed E-state index contributed by atoms with van der Waals surface area (Å²) in [5, 5.41) is 13.9. The van der Waals surface area contributed by atoms with Crippen molar-refractivity contribution in [3.8, 4) is 5.75 Å². The van der Waals surface area contributed by atoms with E-state index in [0.717, 1.165) is 23.1 Å². The molecule has 0 unspecified atom stereocenters. The second-order valence-electron chi connectivity index (χ2n) is 11.3. The Labute approximate surface area is 234 Å². The molecule has 2 amide bonds. The Bertz CT molecular complexity index is 1400. The van der Waals surface area contributed by atoms with Crippen LogP contribution < -0.4 is 15.8 Å². The number of nitrogens with one attached hydrogen (secondary N) is 1. The van der Waals surface area contributed by atoms with E-state index in [1.54, 1.807) is 30.2 Å². The molecule has 0 saturated heterocycles. The van der Waals surface area contributed by atoms with Gasteiger partial charge in [0.1, 0.15) is 5.75 Å². The van der Waals surface area contributed by atoms with Crippen molar-refractivity contribution in [3.63, 3.8) is 0 Å². The van der Waals surface area contributed by atoms with Gasteiger partial charge in [0.05, 0.1) is 43.4 Å². The highest BCUT2D eigenvalue weighted by molar-refractivity contribution is 6.00. The maximum absolute atomic E-state index is 13.9. The third kappa shape index (κ3) is 4.57. The summed E-state index contributed by atoms with van der Waals surface area (Å²) in [4.78, 5) is 34.0. The Hall–Kier alpha value is -3.69. The van der Waals surface area contributed by atoms with Crippen molar-refractivity contribution in [2.75, 3.05) is 20.3 Å². The smallest absolute Gasteiger partial charge is 0.251 e. The minimum atomic E-state index is -0.719. The largest absolute Gasteiger partial charge is 0.493 e. The number of hydrogen-bond donors (Lipinski definition) is 3. The Morgan fingerprint density at radius 2 is 2.08 bits per heavy atom. The van der Waals surface area contributed by atoms with Crippen molar-refractivity contribution in [1.82, 2.24) is 10.2 Å². The molecule has 5 atom stereocenters. The van der Waals surface area contributed by atoms with Crippen molar-refractivity contribution in [1.29, 1.82) is 0 Å². The van der Waals surface area contributed by atoms with E-state index < -0.39 is 23.7 Å². The van der Waals surface area contributed by atoms with Crippen LogP contribution in [0.15, 0.2) is 47.5 Å². The van der Waals surface area contributed by atoms with Crippen LogP contribution in [0, 0.1) is 5.92 Å². The van der Waals surface area contributed by atoms with E-state index in [4.69, 9.17) is 20.2 Å². The molecule has 1 aliphatic carbocycles. The number of benzene rings is 2. The van der Waals surface area contributed by atoms with E-state index in [2.05, 4.69) is 11.4 Å². The predicted octanol–water partition coefficient (Wildman–Crippen LogP) is 3.27. The van der Waals surface area contributed by atoms with Gasteiger partial charge in [-0.1, -0.05) is 31.2 Å². The quantitative estimate of drug-likeness (QED) is 0.545. The fraction of sp³-hybridized carbons (Fsp3) is 0.452. The van der Waals surface area contributed by atoms with Gasteiger partial charge >= 0.3 is 0 Å². The van der Waals surface area contributed by atoms with Gasteiger partial charge in [-0.15, -0.1) is 0 Å². The number of aliphatic imine (C=N–C) groups is 1. The fourth-order valence-electron chi connectivity index (χ4n) is 6.66. The zero-order valence-electron chi connectivity index (χ0n) is 22.9. The molecule has 2 aromatic rings. The summed E-state index contributed by atoms with van der Waals surface area (Å²) >= 11 is 0. The molecule has 210 valence electrons. The summed E-state index contributed by atoms with van der Waals surface area (Å²) in [7, 11) is 1.61. The van der Waals surface area contributed by atoms with Crippen LogP contribution in [-0.4, -0.2) is 59.7 Å². The van der Waals surface area contributed by atoms with Crippen LogP contribution in [0.1, 0.15) is 77.3 Å². The lowest BCUT2D eigenvalue weighted by atomic mass is 9.83. The van der Waals surface area contributed by atoms with Crippen molar-refractivity contribution in [3.05, 3.63) is 70.3 Å². The molecule has 0 spiro atoms. The Balaban J connectivity index is 1.48. The van der Waals surface area contributed by atoms with E-state index in [1.165, 1.54) is 0 Å². The van der Waals surface area contributed by atoms with E-state index in [-0.39, 0.29) is 30.1 Å². The molecule has 0 radical (unpaired) electrons. The molecule has 0 aromatic heterocycles. The highest BCUT2D eigenvalue weighted by Crippen LogP contribution is 2.43. The first-order chi connectivity index (χ1) is 19.3. The molecule has 4 N–H and O–H groups in total. The van der Waals surface area contributed by atoms with Crippen LogP contribution in [0.2, 0.25) is 0 Å². The number of guanidine groups is 1. The predicted molar refractivity (Wildman–Crippen MR) is 151 cm³/mol. The second kappa shape index (κ2) is 10.4. The highest BCUT2D eigenvalue weighted by Gasteiger charge is 2.45. The van der Waals surface area contributed by atoms with Crippen LogP contribution in [0.3, 0.4) is 0 Å². The number of nitrogens with zero attached hydrogens (tertiary/aromatic N) is 2. The van der Waals surface area contributed by atoms with E-state index in [0.29, 0.717) is 49.4 Å². The first-order valence-corrected chi connectivity index (χ1v) is 14.0. The SMILES string of the molecule is CC[C@@]12CC/C=C\c3ccc4c(c3)[C@@H](NC(=O)c3ccc5c(c3)[C@@H]([C@@H](COC)CO5)N(C(=O)C1)C(N)=N2)[C@H](O)C4. The van der Waals surface area contributed by atoms with E-state index >= 15 is 0 Å². The molecular formula is C31H36N4O5. The van der Waals surface area contributed by atoms with Crippen molar-refractivity contribution < 1.29 is 24.2 Å². The van der Waals surface area contributed by atoms with Crippen LogP contribution in [0.25, 0.3) is 6.08 Å². The third-order valence-corrected chi connectivity index (χ3v) is 8.85. The maximum atomic E-state index is 13.9. The zero-order valence-corrected chi connectivity index (χ0v) is 22.9. The number of fused-ring (bicyclic) bond motifs is 4. The summed E-state index contributed by atoms with van der Waals surface area (Å²) in [6, 6.07) is 10.3. The van der Waals surface area contributed by atoms with Crippen LogP contribution in [0.4, 0.5) is 0 Å². The average Bonchev–Trinajstić information content (AvgIpc) is 3.25. The van der Waals surface area contributed by atoms with Gasteiger partial charge in [0.2, 0.25) is 5.91 Å². The molecule has 6 bridgehead atoms. The monoisotopic (exact) mass is 544 g/mol. The Kier molecular flexibility index (Phi) is 6.88. The molecule has 0 fully saturated rings. The minimum absolute atomic E-state index is 0.0948. The number of carbonyl (C=O) groups is 2. The summed E-state index contributed by atoms with van der Waals surface area (Å²) in [5.74, 6) is 0.162. The van der Waals surface area contributed by atoms with E-state index in [1.807, 2.05) is 31.2 Å². The first kappa shape index (κ1) is 26.5. The van der Waals surface area contributed by atoms with Gasteiger partial charge in [-0.25, -0.2) is 4.99 Å². The molecule has 0 saturated carbocycles. The average molecular weight is 545 g/mol. The molecule has 9 heteroatoms. The summed E-state index contributed by atoms with van der Waals surface area (Å²) in [6.45, 7) is 2.73. The molecular weight excluding hydrogens is 508 g/mol. The van der Waals surface area contributed by atoms with Crippen molar-refractivity contribution >= 4 is 23.8 Å². The van der Waals surface area contributed by atoms with E-state index in [9.17, 15) is 14.7 Å². The zero-order chi connectivity index (χ0) is 28.0. The maximum Gasteiger partial charge on any atom is 0.251 e. The number of methoxy groups -OCH3 is 1. The van der Waals surface area contributed by atoms with Gasteiger partial charge in [-0.2, -0.15) is 0 Å². The van der Waals surface area contributed by atoms with Gasteiger partial charge in [0.25, 0.3) is 5.91 Å². The van der Waals surface area contributed by atoms with Crippen molar-refractivity contribution in [2.24, 2.45) is 16.6 Å². The number of ether oxygens (including phenoxy) is 2. The lowest BCUT2D eigenvalue weighted by molar-refractivity contribution is -0.133. The molecule has 7 rings (SSSR count). The van der Waals surface area contributed by atoms with Crippen LogP contribution in [0.5, 0.6) is 5.75 Å². The Morgan fingerprint density at radius 3 is 2.85 bits per heavy atom. The molecule has 4 heterocycles. The Morgan fingerprint density at radius 1 is 1.23 bits per heavy atom. The van der Waals surface area contributed by atoms with Gasteiger partial charge < -0.3 is 25.6 Å². The van der Waals surface area contributed by atoms with Gasteiger partial charge in [0, 0.05) is 30.6 Å². The fourth-order valence-corrected chi connectivity index (χ4v) is 6.66. The number of aliphatic hydroxyl groups excluding tert-OH is 1. The van der Waals surface area contributed by atoms with Gasteiger partial charge in [0.15, 0.2) is 5.96 Å². The first-order valence-electron chi connectivity index (χ1n) is 14.0. The van der Waals surface area contributed by atoms with Crippen LogP contribution in [-0.2, 0) is 16.0 Å². The lowest BCUT2D eigenvalue weighted by Gasteiger charge is -2.44. The van der Waals surface area contributed by atoms with Gasteiger partial charge in [-0.05, 0) is 60.2 Å². The third-order valence-electron chi connectivity index (χ3n) is 8.85. The number of rotatable bonds is 3. The minimum Gasteiger partial charge on any atom is -0.493 e. The number of nitrogens with two attached hydrogens (primary N) is 1. The number of allylic oxidation sites excluding steroid dienone is 1. The number of hydrogen-bond acceptors (Lipinski definition) is 7. The standard InChI is InChI=1S/C31H36N4O5/c1-3-31-11-5-4-6-18-7-8-19-14-24(36)27(22(19)12-18)33-29(38)20-9-10-25-23(13-20)28(21(16-39-2)17-40-25)35(26(37)15-31)30(32)34-31/h4,6-10,12-13,21,24,27-28,36H,3,5,11,14-17H2,1-2H3,(H2,32,34)(H,33,38)/b6-4-/t21-,24+,27+,28+,31+/m0/s1. The number of amides is 2. The lowest BCUT2D eigenvalue weighted by Crippen LogP contribution is -2.55. The summed E-state index contributed by atoms with van der Waals surface area (Å²) in [5.41, 5.74) is 10.1.